The van der Waals surface area contributed by atoms with Gasteiger partial charge in [-0.2, -0.15) is 4.98 Å². The summed E-state index contributed by atoms with van der Waals surface area (Å²) in [6.45, 7) is 3.30. The number of hydrogen-bond donors (Lipinski definition) is 0. The van der Waals surface area contributed by atoms with Gasteiger partial charge in [-0.25, -0.2) is 4.39 Å². The molecule has 2 heterocycles. The van der Waals surface area contributed by atoms with Crippen molar-refractivity contribution in [3.05, 3.63) is 71.4 Å². The van der Waals surface area contributed by atoms with Crippen molar-refractivity contribution in [3.63, 3.8) is 0 Å². The highest BCUT2D eigenvalue weighted by atomic mass is 19.1. The average molecular weight is 365 g/mol. The predicted octanol–water partition coefficient (Wildman–Crippen LogP) is 4.20. The summed E-state index contributed by atoms with van der Waals surface area (Å²) in [5.74, 6) is 0.941. The van der Waals surface area contributed by atoms with E-state index in [0.717, 1.165) is 29.5 Å². The van der Waals surface area contributed by atoms with E-state index in [0.29, 0.717) is 24.8 Å². The molecule has 1 fully saturated rings. The van der Waals surface area contributed by atoms with Gasteiger partial charge in [0.1, 0.15) is 5.82 Å². The van der Waals surface area contributed by atoms with Crippen LogP contribution in [0, 0.1) is 12.7 Å². The standard InChI is InChI=1S/C21H20FN3O2/c1-14-3-2-4-17(13-14)21(26)25-11-9-16(10-12-25)20-23-19(24-27-20)15-5-7-18(22)8-6-15/h2-8,13,16H,9-12H2,1H3. The molecule has 1 saturated heterocycles. The highest BCUT2D eigenvalue weighted by Crippen LogP contribution is 2.29. The molecule has 0 spiro atoms. The molecule has 2 aromatic carbocycles. The normalized spacial score (nSPS) is 15.1. The molecule has 0 aliphatic carbocycles. The molecule has 138 valence electrons. The molecule has 0 radical (unpaired) electrons. The third-order valence-corrected chi connectivity index (χ3v) is 4.94. The molecule has 0 bridgehead atoms. The fourth-order valence-corrected chi connectivity index (χ4v) is 3.41. The second-order valence-corrected chi connectivity index (χ2v) is 6.90. The lowest BCUT2D eigenvalue weighted by Crippen LogP contribution is -2.38. The van der Waals surface area contributed by atoms with Crippen LogP contribution in [0.5, 0.6) is 0 Å². The van der Waals surface area contributed by atoms with Crippen molar-refractivity contribution in [2.75, 3.05) is 13.1 Å². The number of hydrogen-bond acceptors (Lipinski definition) is 4. The molecule has 1 aromatic heterocycles. The number of benzene rings is 2. The maximum atomic E-state index is 13.0. The zero-order valence-electron chi connectivity index (χ0n) is 15.1. The van der Waals surface area contributed by atoms with Crippen LogP contribution in [0.1, 0.15) is 40.6 Å². The van der Waals surface area contributed by atoms with Crippen molar-refractivity contribution in [1.29, 1.82) is 0 Å². The number of carbonyl (C=O) groups is 1. The summed E-state index contributed by atoms with van der Waals surface area (Å²) < 4.78 is 18.5. The first-order chi connectivity index (χ1) is 13.1. The van der Waals surface area contributed by atoms with E-state index in [1.54, 1.807) is 12.1 Å². The van der Waals surface area contributed by atoms with Crippen LogP contribution in [0.3, 0.4) is 0 Å². The Morgan fingerprint density at radius 1 is 1.15 bits per heavy atom. The Morgan fingerprint density at radius 3 is 2.59 bits per heavy atom. The molecule has 1 amide bonds. The third-order valence-electron chi connectivity index (χ3n) is 4.94. The van der Waals surface area contributed by atoms with E-state index in [2.05, 4.69) is 10.1 Å². The number of likely N-dealkylation sites (tertiary alicyclic amines) is 1. The Morgan fingerprint density at radius 2 is 1.89 bits per heavy atom. The molecule has 6 heteroatoms. The largest absolute Gasteiger partial charge is 0.339 e. The number of piperidine rings is 1. The monoisotopic (exact) mass is 365 g/mol. The van der Waals surface area contributed by atoms with Gasteiger partial charge in [0.25, 0.3) is 5.91 Å². The van der Waals surface area contributed by atoms with Crippen LogP contribution < -0.4 is 0 Å². The molecule has 0 atom stereocenters. The number of halogens is 1. The lowest BCUT2D eigenvalue weighted by Gasteiger charge is -2.30. The maximum Gasteiger partial charge on any atom is 0.253 e. The number of amides is 1. The molecule has 27 heavy (non-hydrogen) atoms. The molecule has 5 nitrogen and oxygen atoms in total. The molecule has 4 rings (SSSR count). The molecule has 0 unspecified atom stereocenters. The van der Waals surface area contributed by atoms with Crippen molar-refractivity contribution in [2.24, 2.45) is 0 Å². The average Bonchev–Trinajstić information content (AvgIpc) is 3.18. The molecule has 0 N–H and O–H groups in total. The predicted molar refractivity (Wildman–Crippen MR) is 98.7 cm³/mol. The Hall–Kier alpha value is -3.02. The van der Waals surface area contributed by atoms with Crippen LogP contribution in [0.25, 0.3) is 11.4 Å². The van der Waals surface area contributed by atoms with Gasteiger partial charge in [-0.1, -0.05) is 22.9 Å². The summed E-state index contributed by atoms with van der Waals surface area (Å²) in [5, 5.41) is 4.01. The minimum atomic E-state index is -0.298. The van der Waals surface area contributed by atoms with Gasteiger partial charge in [0.15, 0.2) is 0 Å². The first-order valence-electron chi connectivity index (χ1n) is 9.05. The minimum absolute atomic E-state index is 0.0645. The van der Waals surface area contributed by atoms with E-state index in [1.807, 2.05) is 36.1 Å². The minimum Gasteiger partial charge on any atom is -0.339 e. The van der Waals surface area contributed by atoms with Gasteiger partial charge < -0.3 is 9.42 Å². The Bertz CT molecular complexity index is 944. The number of rotatable bonds is 3. The summed E-state index contributed by atoms with van der Waals surface area (Å²) in [6, 6.07) is 13.7. The number of aryl methyl sites for hydroxylation is 1. The first kappa shape index (κ1) is 17.4. The van der Waals surface area contributed by atoms with Gasteiger partial charge in [0.2, 0.25) is 11.7 Å². The number of carbonyl (C=O) groups excluding carboxylic acids is 1. The molecule has 1 aliphatic heterocycles. The molecule has 3 aromatic rings. The maximum absolute atomic E-state index is 13.0. The Labute approximate surface area is 156 Å². The van der Waals surface area contributed by atoms with E-state index < -0.39 is 0 Å². The van der Waals surface area contributed by atoms with Crippen LogP contribution in [0.2, 0.25) is 0 Å². The van der Waals surface area contributed by atoms with E-state index in [9.17, 15) is 9.18 Å². The van der Waals surface area contributed by atoms with Crippen molar-refractivity contribution < 1.29 is 13.7 Å². The van der Waals surface area contributed by atoms with E-state index in [1.165, 1.54) is 12.1 Å². The summed E-state index contributed by atoms with van der Waals surface area (Å²) in [4.78, 5) is 19.0. The fourth-order valence-electron chi connectivity index (χ4n) is 3.41. The zero-order valence-corrected chi connectivity index (χ0v) is 15.1. The van der Waals surface area contributed by atoms with Crippen LogP contribution in [-0.2, 0) is 0 Å². The lowest BCUT2D eigenvalue weighted by molar-refractivity contribution is 0.0704. The molecular weight excluding hydrogens is 345 g/mol. The second-order valence-electron chi connectivity index (χ2n) is 6.90. The molecular formula is C21H20FN3O2. The summed E-state index contributed by atoms with van der Waals surface area (Å²) in [7, 11) is 0. The van der Waals surface area contributed by atoms with Gasteiger partial charge >= 0.3 is 0 Å². The topological polar surface area (TPSA) is 59.2 Å². The van der Waals surface area contributed by atoms with Gasteiger partial charge in [-0.15, -0.1) is 0 Å². The summed E-state index contributed by atoms with van der Waals surface area (Å²) in [5.41, 5.74) is 2.53. The first-order valence-corrected chi connectivity index (χ1v) is 9.05. The number of nitrogens with zero attached hydrogens (tertiary/aromatic N) is 3. The third kappa shape index (κ3) is 3.74. The van der Waals surface area contributed by atoms with Gasteiger partial charge in [-0.3, -0.25) is 4.79 Å². The van der Waals surface area contributed by atoms with Gasteiger partial charge in [0.05, 0.1) is 0 Å². The van der Waals surface area contributed by atoms with E-state index >= 15 is 0 Å². The van der Waals surface area contributed by atoms with Crippen LogP contribution in [-0.4, -0.2) is 34.0 Å². The fraction of sp³-hybridized carbons (Fsp3) is 0.286. The summed E-state index contributed by atoms with van der Waals surface area (Å²) in [6.07, 6.45) is 1.56. The van der Waals surface area contributed by atoms with Crippen molar-refractivity contribution in [2.45, 2.75) is 25.7 Å². The summed E-state index contributed by atoms with van der Waals surface area (Å²) >= 11 is 0. The van der Waals surface area contributed by atoms with Crippen molar-refractivity contribution >= 4 is 5.91 Å². The Balaban J connectivity index is 1.41. The van der Waals surface area contributed by atoms with Crippen molar-refractivity contribution in [1.82, 2.24) is 15.0 Å². The highest BCUT2D eigenvalue weighted by molar-refractivity contribution is 5.94. The Kier molecular flexibility index (Phi) is 4.71. The SMILES string of the molecule is Cc1cccc(C(=O)N2CCC(c3nc(-c4ccc(F)cc4)no3)CC2)c1. The molecule has 1 aliphatic rings. The smallest absolute Gasteiger partial charge is 0.253 e. The molecule has 0 saturated carbocycles. The van der Waals surface area contributed by atoms with Gasteiger partial charge in [0, 0.05) is 30.1 Å². The number of aromatic nitrogens is 2. The van der Waals surface area contributed by atoms with Crippen LogP contribution in [0.4, 0.5) is 4.39 Å². The van der Waals surface area contributed by atoms with E-state index in [4.69, 9.17) is 4.52 Å². The van der Waals surface area contributed by atoms with Gasteiger partial charge in [-0.05, 0) is 56.2 Å². The highest BCUT2D eigenvalue weighted by Gasteiger charge is 2.28. The zero-order chi connectivity index (χ0) is 18.8. The van der Waals surface area contributed by atoms with Crippen molar-refractivity contribution in [3.8, 4) is 11.4 Å². The second kappa shape index (κ2) is 7.31. The van der Waals surface area contributed by atoms with E-state index in [-0.39, 0.29) is 17.6 Å². The van der Waals surface area contributed by atoms with Crippen LogP contribution >= 0.6 is 0 Å². The quantitative estimate of drug-likeness (QED) is 0.698. The lowest BCUT2D eigenvalue weighted by atomic mass is 9.96. The van der Waals surface area contributed by atoms with Crippen LogP contribution in [0.15, 0.2) is 53.1 Å².